The highest BCUT2D eigenvalue weighted by Crippen LogP contribution is 2.09. The second-order valence-corrected chi connectivity index (χ2v) is 3.14. The summed E-state index contributed by atoms with van der Waals surface area (Å²) < 4.78 is 0. The molecule has 0 fully saturated rings. The molecule has 1 aromatic heterocycles. The fraction of sp³-hybridized carbons (Fsp3) is 0.143. The van der Waals surface area contributed by atoms with Gasteiger partial charge in [-0.1, -0.05) is 6.07 Å². The first kappa shape index (κ1) is 8.73. The van der Waals surface area contributed by atoms with Crippen LogP contribution in [0.4, 0.5) is 0 Å². The molecule has 0 saturated carbocycles. The van der Waals surface area contributed by atoms with E-state index in [1.807, 2.05) is 24.4 Å². The van der Waals surface area contributed by atoms with Crippen LogP contribution in [0.3, 0.4) is 0 Å². The lowest BCUT2D eigenvalue weighted by Gasteiger charge is -1.91. The predicted octanol–water partition coefficient (Wildman–Crippen LogP) is 0.746. The molecule has 1 heterocycles. The van der Waals surface area contributed by atoms with Gasteiger partial charge in [0.05, 0.1) is 10.6 Å². The van der Waals surface area contributed by atoms with Gasteiger partial charge in [-0.25, -0.2) is 0 Å². The Morgan fingerprint density at radius 3 is 2.67 bits per heavy atom. The van der Waals surface area contributed by atoms with E-state index in [1.54, 1.807) is 11.3 Å². The number of rotatable bonds is 2. The molecule has 12 heavy (non-hydrogen) atoms. The summed E-state index contributed by atoms with van der Waals surface area (Å²) in [5, 5.41) is 9.35. The highest BCUT2D eigenvalue weighted by Gasteiger charge is 1.95. The van der Waals surface area contributed by atoms with Gasteiger partial charge in [0.1, 0.15) is 0 Å². The summed E-state index contributed by atoms with van der Waals surface area (Å²) in [7, 11) is 0. The van der Waals surface area contributed by atoms with Gasteiger partial charge in [0.2, 0.25) is 5.96 Å². The molecule has 0 bridgehead atoms. The van der Waals surface area contributed by atoms with E-state index >= 15 is 0 Å². The first-order chi connectivity index (χ1) is 5.70. The lowest BCUT2D eigenvalue weighted by atomic mass is 10.3. The summed E-state index contributed by atoms with van der Waals surface area (Å²) >= 11 is 1.60. The van der Waals surface area contributed by atoms with Gasteiger partial charge in [-0.3, -0.25) is 0 Å². The Morgan fingerprint density at radius 1 is 1.42 bits per heavy atom. The normalized spacial score (nSPS) is 11.2. The van der Waals surface area contributed by atoms with Gasteiger partial charge in [-0.05, 0) is 18.4 Å². The third-order valence-electron chi connectivity index (χ3n) is 1.19. The number of hydrogen-bond acceptors (Lipinski definition) is 3. The first-order valence-corrected chi connectivity index (χ1v) is 4.25. The van der Waals surface area contributed by atoms with Crippen LogP contribution >= 0.6 is 11.3 Å². The Kier molecular flexibility index (Phi) is 2.82. The van der Waals surface area contributed by atoms with Crippen LogP contribution in [0.25, 0.3) is 0 Å². The fourth-order valence-electron chi connectivity index (χ4n) is 0.666. The van der Waals surface area contributed by atoms with Crippen LogP contribution in [0, 0.1) is 0 Å². The third-order valence-corrected chi connectivity index (χ3v) is 2.17. The molecule has 64 valence electrons. The number of hydrogen-bond donors (Lipinski definition) is 2. The molecular formula is C7H10N4S. The fourth-order valence-corrected chi connectivity index (χ4v) is 1.34. The summed E-state index contributed by atoms with van der Waals surface area (Å²) in [6, 6.07) is 3.92. The van der Waals surface area contributed by atoms with Crippen LogP contribution in [0.5, 0.6) is 0 Å². The van der Waals surface area contributed by atoms with Crippen molar-refractivity contribution in [1.82, 2.24) is 0 Å². The van der Waals surface area contributed by atoms with Crippen LogP contribution in [0.15, 0.2) is 27.7 Å². The van der Waals surface area contributed by atoms with Crippen LogP contribution in [-0.2, 0) is 0 Å². The van der Waals surface area contributed by atoms with E-state index in [4.69, 9.17) is 11.5 Å². The monoisotopic (exact) mass is 182 g/mol. The molecule has 0 saturated heterocycles. The number of thiophene rings is 1. The second kappa shape index (κ2) is 3.87. The molecule has 0 spiro atoms. The summed E-state index contributed by atoms with van der Waals surface area (Å²) in [5.41, 5.74) is 11.1. The highest BCUT2D eigenvalue weighted by atomic mass is 32.1. The van der Waals surface area contributed by atoms with Crippen molar-refractivity contribution in [3.8, 4) is 0 Å². The van der Waals surface area contributed by atoms with Crippen molar-refractivity contribution < 1.29 is 0 Å². The van der Waals surface area contributed by atoms with Crippen molar-refractivity contribution in [2.24, 2.45) is 21.7 Å². The van der Waals surface area contributed by atoms with Crippen molar-refractivity contribution in [2.75, 3.05) is 0 Å². The zero-order valence-corrected chi connectivity index (χ0v) is 7.51. The maximum Gasteiger partial charge on any atom is 0.211 e. The van der Waals surface area contributed by atoms with E-state index < -0.39 is 0 Å². The SMILES string of the molecule is C/C(=N/N=C(N)N)c1cccs1. The summed E-state index contributed by atoms with van der Waals surface area (Å²) in [6.45, 7) is 1.86. The topological polar surface area (TPSA) is 76.8 Å². The van der Waals surface area contributed by atoms with Crippen LogP contribution in [-0.4, -0.2) is 11.7 Å². The molecule has 0 aromatic carbocycles. The third kappa shape index (κ3) is 2.35. The maximum absolute atomic E-state index is 5.12. The van der Waals surface area contributed by atoms with Crippen molar-refractivity contribution in [3.05, 3.63) is 22.4 Å². The molecule has 0 aliphatic rings. The molecular weight excluding hydrogens is 172 g/mol. The lowest BCUT2D eigenvalue weighted by molar-refractivity contribution is 1.20. The highest BCUT2D eigenvalue weighted by molar-refractivity contribution is 7.12. The summed E-state index contributed by atoms with van der Waals surface area (Å²) in [5.74, 6) is -0.0223. The van der Waals surface area contributed by atoms with Gasteiger partial charge >= 0.3 is 0 Å². The van der Waals surface area contributed by atoms with Gasteiger partial charge in [0.25, 0.3) is 0 Å². The molecule has 0 aliphatic heterocycles. The molecule has 5 heteroatoms. The molecule has 0 atom stereocenters. The Hall–Kier alpha value is -1.36. The molecule has 0 amide bonds. The van der Waals surface area contributed by atoms with Gasteiger partial charge < -0.3 is 11.5 Å². The van der Waals surface area contributed by atoms with Crippen LogP contribution in [0.1, 0.15) is 11.8 Å². The average molecular weight is 182 g/mol. The van der Waals surface area contributed by atoms with Crippen LogP contribution < -0.4 is 11.5 Å². The summed E-state index contributed by atoms with van der Waals surface area (Å²) in [6.07, 6.45) is 0. The van der Waals surface area contributed by atoms with Gasteiger partial charge in [-0.2, -0.15) is 5.10 Å². The van der Waals surface area contributed by atoms with E-state index in [0.29, 0.717) is 0 Å². The number of nitrogens with two attached hydrogens (primary N) is 2. The van der Waals surface area contributed by atoms with Gasteiger partial charge in [-0.15, -0.1) is 16.4 Å². The van der Waals surface area contributed by atoms with Crippen molar-refractivity contribution >= 4 is 23.0 Å². The van der Waals surface area contributed by atoms with E-state index in [0.717, 1.165) is 10.6 Å². The molecule has 4 N–H and O–H groups in total. The van der Waals surface area contributed by atoms with E-state index in [2.05, 4.69) is 10.2 Å². The van der Waals surface area contributed by atoms with Gasteiger partial charge in [0.15, 0.2) is 0 Å². The zero-order valence-electron chi connectivity index (χ0n) is 6.69. The Labute approximate surface area is 74.6 Å². The Balaban J connectivity index is 2.78. The average Bonchev–Trinajstić information content (AvgIpc) is 2.51. The second-order valence-electron chi connectivity index (χ2n) is 2.19. The predicted molar refractivity (Wildman–Crippen MR) is 52.3 cm³/mol. The van der Waals surface area contributed by atoms with Crippen molar-refractivity contribution in [1.29, 1.82) is 0 Å². The minimum absolute atomic E-state index is 0.0223. The largest absolute Gasteiger partial charge is 0.369 e. The minimum Gasteiger partial charge on any atom is -0.369 e. The van der Waals surface area contributed by atoms with Crippen molar-refractivity contribution in [2.45, 2.75) is 6.92 Å². The van der Waals surface area contributed by atoms with E-state index in [9.17, 15) is 0 Å². The van der Waals surface area contributed by atoms with Crippen LogP contribution in [0.2, 0.25) is 0 Å². The Morgan fingerprint density at radius 2 is 2.17 bits per heavy atom. The first-order valence-electron chi connectivity index (χ1n) is 3.37. The molecule has 0 aliphatic carbocycles. The minimum atomic E-state index is -0.0223. The molecule has 0 unspecified atom stereocenters. The standard InChI is InChI=1S/C7H10N4S/c1-5(10-11-7(8)9)6-3-2-4-12-6/h2-4H,1H3,(H4,8,9,11)/b10-5-. The van der Waals surface area contributed by atoms with E-state index in [1.165, 1.54) is 0 Å². The number of nitrogens with zero attached hydrogens (tertiary/aromatic N) is 2. The summed E-state index contributed by atoms with van der Waals surface area (Å²) in [4.78, 5) is 1.07. The molecule has 0 radical (unpaired) electrons. The van der Waals surface area contributed by atoms with E-state index in [-0.39, 0.29) is 5.96 Å². The Bertz CT molecular complexity index is 295. The number of guanidine groups is 1. The quantitative estimate of drug-likeness (QED) is 0.402. The zero-order chi connectivity index (χ0) is 8.97. The molecule has 1 rings (SSSR count). The van der Waals surface area contributed by atoms with Gasteiger partial charge in [0, 0.05) is 0 Å². The molecule has 1 aromatic rings. The lowest BCUT2D eigenvalue weighted by Crippen LogP contribution is -2.22. The maximum atomic E-state index is 5.12. The van der Waals surface area contributed by atoms with Crippen molar-refractivity contribution in [3.63, 3.8) is 0 Å². The smallest absolute Gasteiger partial charge is 0.211 e. The molecule has 4 nitrogen and oxygen atoms in total.